The van der Waals surface area contributed by atoms with E-state index >= 15 is 0 Å². The zero-order valence-corrected chi connectivity index (χ0v) is 11.2. The van der Waals surface area contributed by atoms with E-state index in [1.165, 1.54) is 18.5 Å². The molecular weight excluding hydrogens is 295 g/mol. The summed E-state index contributed by atoms with van der Waals surface area (Å²) in [5.41, 5.74) is 0.698. The lowest BCUT2D eigenvalue weighted by Crippen LogP contribution is -2.13. The van der Waals surface area contributed by atoms with Crippen molar-refractivity contribution in [1.29, 1.82) is 0 Å². The van der Waals surface area contributed by atoms with E-state index in [1.54, 1.807) is 18.2 Å². The minimum atomic E-state index is -0.391. The summed E-state index contributed by atoms with van der Waals surface area (Å²) in [5.74, 6) is -0.391. The zero-order chi connectivity index (χ0) is 13.1. The molecule has 6 heteroatoms. The molecule has 2 rings (SSSR count). The van der Waals surface area contributed by atoms with Gasteiger partial charge >= 0.3 is 0 Å². The monoisotopic (exact) mass is 300 g/mol. The molecule has 0 saturated heterocycles. The third-order valence-corrected chi connectivity index (χ3v) is 3.08. The molecule has 0 spiro atoms. The molecule has 92 valence electrons. The van der Waals surface area contributed by atoms with Crippen LogP contribution in [0, 0.1) is 0 Å². The van der Waals surface area contributed by atoms with Crippen LogP contribution in [-0.4, -0.2) is 10.9 Å². The molecule has 0 radical (unpaired) electrons. The molecule has 0 atom stereocenters. The van der Waals surface area contributed by atoms with Gasteiger partial charge in [0, 0.05) is 17.4 Å². The van der Waals surface area contributed by atoms with Gasteiger partial charge in [-0.2, -0.15) is 0 Å². The number of amides is 1. The first kappa shape index (κ1) is 13.1. The van der Waals surface area contributed by atoms with Crippen molar-refractivity contribution in [2.24, 2.45) is 0 Å². The molecule has 0 bridgehead atoms. The summed E-state index contributed by atoms with van der Waals surface area (Å²) >= 11 is 17.7. The Morgan fingerprint density at radius 2 is 1.89 bits per heavy atom. The maximum atomic E-state index is 12.0. The molecule has 0 aliphatic rings. The van der Waals surface area contributed by atoms with Crippen LogP contribution in [0.25, 0.3) is 0 Å². The number of anilines is 1. The second-order valence-electron chi connectivity index (χ2n) is 3.43. The summed E-state index contributed by atoms with van der Waals surface area (Å²) in [7, 11) is 0. The fraction of sp³-hybridized carbons (Fsp3) is 0. The van der Waals surface area contributed by atoms with Gasteiger partial charge in [0.2, 0.25) is 0 Å². The van der Waals surface area contributed by atoms with Crippen molar-refractivity contribution in [1.82, 2.24) is 4.98 Å². The van der Waals surface area contributed by atoms with Gasteiger partial charge in [0.25, 0.3) is 5.91 Å². The zero-order valence-electron chi connectivity index (χ0n) is 8.95. The Balaban J connectivity index is 2.27. The molecule has 0 unspecified atom stereocenters. The van der Waals surface area contributed by atoms with Crippen LogP contribution in [0.3, 0.4) is 0 Å². The number of hydrogen-bond acceptors (Lipinski definition) is 2. The summed E-state index contributed by atoms with van der Waals surface area (Å²) in [6.07, 6.45) is 2.89. The van der Waals surface area contributed by atoms with Crippen LogP contribution < -0.4 is 5.32 Å². The number of benzene rings is 1. The quantitative estimate of drug-likeness (QED) is 0.899. The van der Waals surface area contributed by atoms with Crippen molar-refractivity contribution in [3.8, 4) is 0 Å². The van der Waals surface area contributed by atoms with Gasteiger partial charge in [-0.3, -0.25) is 9.78 Å². The van der Waals surface area contributed by atoms with Crippen LogP contribution in [-0.2, 0) is 0 Å². The second kappa shape index (κ2) is 5.57. The van der Waals surface area contributed by atoms with Crippen molar-refractivity contribution in [3.05, 3.63) is 57.3 Å². The summed E-state index contributed by atoms with van der Waals surface area (Å²) in [5, 5.41) is 3.82. The van der Waals surface area contributed by atoms with E-state index in [4.69, 9.17) is 34.8 Å². The molecule has 3 nitrogen and oxygen atoms in total. The predicted octanol–water partition coefficient (Wildman–Crippen LogP) is 4.29. The number of aromatic nitrogens is 1. The number of nitrogens with zero attached hydrogens (tertiary/aromatic N) is 1. The van der Waals surface area contributed by atoms with E-state index in [-0.39, 0.29) is 5.56 Å². The third-order valence-electron chi connectivity index (χ3n) is 2.19. The van der Waals surface area contributed by atoms with Crippen molar-refractivity contribution in [2.75, 3.05) is 5.32 Å². The van der Waals surface area contributed by atoms with Crippen LogP contribution in [0.4, 0.5) is 5.69 Å². The molecule has 0 fully saturated rings. The van der Waals surface area contributed by atoms with E-state index in [0.29, 0.717) is 20.8 Å². The number of nitrogens with one attached hydrogen (secondary N) is 1. The Hall–Kier alpha value is -1.29. The fourth-order valence-corrected chi connectivity index (χ4v) is 1.86. The van der Waals surface area contributed by atoms with Gasteiger partial charge in [0.15, 0.2) is 0 Å². The number of pyridine rings is 1. The fourth-order valence-electron chi connectivity index (χ4n) is 1.33. The van der Waals surface area contributed by atoms with Gasteiger partial charge in [-0.1, -0.05) is 34.8 Å². The Morgan fingerprint density at radius 3 is 2.61 bits per heavy atom. The first-order valence-electron chi connectivity index (χ1n) is 4.94. The molecule has 0 aliphatic heterocycles. The Labute approximate surface area is 119 Å². The van der Waals surface area contributed by atoms with Crippen LogP contribution >= 0.6 is 34.8 Å². The standard InChI is InChI=1S/C12H7Cl3N2O/c13-7-1-2-10(15)11(5-7)17-12(18)8-6-16-4-3-9(8)14/h1-6H,(H,17,18). The SMILES string of the molecule is O=C(Nc1cc(Cl)ccc1Cl)c1cnccc1Cl. The summed E-state index contributed by atoms with van der Waals surface area (Å²) in [6.45, 7) is 0. The first-order valence-corrected chi connectivity index (χ1v) is 6.07. The van der Waals surface area contributed by atoms with Gasteiger partial charge in [-0.05, 0) is 24.3 Å². The van der Waals surface area contributed by atoms with Crippen molar-refractivity contribution in [2.45, 2.75) is 0 Å². The van der Waals surface area contributed by atoms with Gasteiger partial charge < -0.3 is 5.32 Å². The van der Waals surface area contributed by atoms with E-state index < -0.39 is 5.91 Å². The highest BCUT2D eigenvalue weighted by atomic mass is 35.5. The lowest BCUT2D eigenvalue weighted by molar-refractivity contribution is 0.102. The summed E-state index contributed by atoms with van der Waals surface area (Å²) in [4.78, 5) is 15.8. The van der Waals surface area contributed by atoms with Crippen molar-refractivity contribution >= 4 is 46.4 Å². The largest absolute Gasteiger partial charge is 0.320 e. The molecule has 1 heterocycles. The highest BCUT2D eigenvalue weighted by molar-refractivity contribution is 6.37. The minimum Gasteiger partial charge on any atom is -0.320 e. The second-order valence-corrected chi connectivity index (χ2v) is 4.68. The number of hydrogen-bond donors (Lipinski definition) is 1. The lowest BCUT2D eigenvalue weighted by atomic mass is 10.2. The Bertz CT molecular complexity index is 602. The summed E-state index contributed by atoms with van der Waals surface area (Å²) in [6, 6.07) is 6.34. The molecule has 1 amide bonds. The van der Waals surface area contributed by atoms with Gasteiger partial charge in [0.1, 0.15) is 0 Å². The van der Waals surface area contributed by atoms with E-state index in [9.17, 15) is 4.79 Å². The number of halogens is 3. The van der Waals surface area contributed by atoms with Crippen LogP contribution in [0.5, 0.6) is 0 Å². The van der Waals surface area contributed by atoms with Crippen molar-refractivity contribution in [3.63, 3.8) is 0 Å². The van der Waals surface area contributed by atoms with Gasteiger partial charge in [-0.15, -0.1) is 0 Å². The Kier molecular flexibility index (Phi) is 4.07. The molecule has 18 heavy (non-hydrogen) atoms. The maximum Gasteiger partial charge on any atom is 0.258 e. The number of carbonyl (C=O) groups is 1. The predicted molar refractivity (Wildman–Crippen MR) is 73.7 cm³/mol. The van der Waals surface area contributed by atoms with E-state index in [0.717, 1.165) is 0 Å². The molecule has 0 saturated carbocycles. The normalized spacial score (nSPS) is 10.2. The smallest absolute Gasteiger partial charge is 0.258 e. The van der Waals surface area contributed by atoms with E-state index in [1.807, 2.05) is 0 Å². The topological polar surface area (TPSA) is 42.0 Å². The third kappa shape index (κ3) is 2.93. The minimum absolute atomic E-state index is 0.273. The van der Waals surface area contributed by atoms with Crippen LogP contribution in [0.1, 0.15) is 10.4 Å². The summed E-state index contributed by atoms with van der Waals surface area (Å²) < 4.78 is 0. The van der Waals surface area contributed by atoms with Crippen molar-refractivity contribution < 1.29 is 4.79 Å². The van der Waals surface area contributed by atoms with Crippen LogP contribution in [0.2, 0.25) is 15.1 Å². The number of carbonyl (C=O) groups excluding carboxylic acids is 1. The lowest BCUT2D eigenvalue weighted by Gasteiger charge is -2.08. The average molecular weight is 302 g/mol. The molecule has 1 aromatic carbocycles. The van der Waals surface area contributed by atoms with Gasteiger partial charge in [0.05, 0.1) is 21.3 Å². The molecule has 1 aromatic heterocycles. The average Bonchev–Trinajstić information content (AvgIpc) is 2.34. The molecular formula is C12H7Cl3N2O. The van der Waals surface area contributed by atoms with E-state index in [2.05, 4.69) is 10.3 Å². The van der Waals surface area contributed by atoms with Gasteiger partial charge in [-0.25, -0.2) is 0 Å². The van der Waals surface area contributed by atoms with Crippen LogP contribution in [0.15, 0.2) is 36.7 Å². The molecule has 0 aliphatic carbocycles. The molecule has 2 aromatic rings. The first-order chi connectivity index (χ1) is 8.58. The molecule has 1 N–H and O–H groups in total. The maximum absolute atomic E-state index is 12.0. The highest BCUT2D eigenvalue weighted by Gasteiger charge is 2.12. The number of rotatable bonds is 2. The Morgan fingerprint density at radius 1 is 1.11 bits per heavy atom. The highest BCUT2D eigenvalue weighted by Crippen LogP contribution is 2.26.